The van der Waals surface area contributed by atoms with Crippen LogP contribution < -0.4 is 5.73 Å². The Balaban J connectivity index is 1.82. The number of hydrogen-bond acceptors (Lipinski definition) is 3. The molecule has 2 aromatic rings. The molecule has 1 heterocycles. The Kier molecular flexibility index (Phi) is 3.88. The van der Waals surface area contributed by atoms with Crippen molar-refractivity contribution in [1.29, 1.82) is 0 Å². The van der Waals surface area contributed by atoms with Crippen LogP contribution in [0.3, 0.4) is 0 Å². The summed E-state index contributed by atoms with van der Waals surface area (Å²) in [5.74, 6) is 0. The lowest BCUT2D eigenvalue weighted by Crippen LogP contribution is -2.27. The summed E-state index contributed by atoms with van der Waals surface area (Å²) in [4.78, 5) is 7.34. The normalized spacial score (nSPS) is 15.1. The highest BCUT2D eigenvalue weighted by molar-refractivity contribution is 5.90. The van der Waals surface area contributed by atoms with Gasteiger partial charge in [-0.1, -0.05) is 31.5 Å². The average molecular weight is 269 g/mol. The smallest absolute Gasteiger partial charge is 0.0726 e. The second-order valence-electron chi connectivity index (χ2n) is 5.78. The third-order valence-corrected chi connectivity index (χ3v) is 4.03. The molecule has 1 aliphatic carbocycles. The van der Waals surface area contributed by atoms with E-state index in [9.17, 15) is 0 Å². The Hall–Kier alpha value is -1.61. The van der Waals surface area contributed by atoms with Crippen LogP contribution in [-0.4, -0.2) is 22.5 Å². The van der Waals surface area contributed by atoms with E-state index in [4.69, 9.17) is 10.7 Å². The molecule has 0 bridgehead atoms. The molecule has 3 heteroatoms. The van der Waals surface area contributed by atoms with Crippen LogP contribution in [0.2, 0.25) is 0 Å². The lowest BCUT2D eigenvalue weighted by Gasteiger charge is -2.21. The van der Waals surface area contributed by atoms with Gasteiger partial charge < -0.3 is 5.73 Å². The quantitative estimate of drug-likeness (QED) is 0.871. The maximum absolute atomic E-state index is 6.17. The van der Waals surface area contributed by atoms with Gasteiger partial charge in [-0.15, -0.1) is 0 Å². The largest absolute Gasteiger partial charge is 0.398 e. The summed E-state index contributed by atoms with van der Waals surface area (Å²) < 4.78 is 0. The van der Waals surface area contributed by atoms with Gasteiger partial charge in [0, 0.05) is 23.7 Å². The zero-order valence-electron chi connectivity index (χ0n) is 12.2. The fraction of sp³-hybridized carbons (Fsp3) is 0.471. The maximum atomic E-state index is 6.17. The van der Waals surface area contributed by atoms with Crippen molar-refractivity contribution in [3.8, 4) is 0 Å². The first-order valence-electron chi connectivity index (χ1n) is 7.66. The summed E-state index contributed by atoms with van der Waals surface area (Å²) in [5, 5.41) is 1.06. The molecule has 0 amide bonds. The van der Waals surface area contributed by atoms with E-state index in [0.717, 1.165) is 34.9 Å². The fourth-order valence-electron chi connectivity index (χ4n) is 2.74. The van der Waals surface area contributed by atoms with E-state index in [0.29, 0.717) is 0 Å². The molecule has 106 valence electrons. The molecule has 0 unspecified atom stereocenters. The number of para-hydroxylation sites is 1. The molecule has 0 saturated heterocycles. The number of nitrogens with two attached hydrogens (primary N) is 1. The van der Waals surface area contributed by atoms with E-state index in [1.165, 1.54) is 32.2 Å². The number of pyridine rings is 1. The number of hydrogen-bond donors (Lipinski definition) is 1. The molecule has 0 spiro atoms. The highest BCUT2D eigenvalue weighted by Gasteiger charge is 2.28. The standard InChI is InChI=1S/C17H23N3/c1-2-3-10-20(14-8-9-14)12-13-11-16(18)15-6-4-5-7-17(15)19-13/h4-7,11,14H,2-3,8-10,12H2,1H3,(H2,18,19). The highest BCUT2D eigenvalue weighted by atomic mass is 15.2. The van der Waals surface area contributed by atoms with Crippen LogP contribution >= 0.6 is 0 Å². The maximum Gasteiger partial charge on any atom is 0.0726 e. The van der Waals surface area contributed by atoms with Gasteiger partial charge in [0.15, 0.2) is 0 Å². The van der Waals surface area contributed by atoms with E-state index < -0.39 is 0 Å². The monoisotopic (exact) mass is 269 g/mol. The number of nitrogens with zero attached hydrogens (tertiary/aromatic N) is 2. The minimum atomic E-state index is 0.774. The molecular formula is C17H23N3. The summed E-state index contributed by atoms with van der Waals surface area (Å²) in [5.41, 5.74) is 9.12. The number of aromatic nitrogens is 1. The second kappa shape index (κ2) is 5.80. The number of fused-ring (bicyclic) bond motifs is 1. The molecule has 1 saturated carbocycles. The molecule has 0 atom stereocenters. The first kappa shape index (κ1) is 13.4. The van der Waals surface area contributed by atoms with Gasteiger partial charge in [0.1, 0.15) is 0 Å². The van der Waals surface area contributed by atoms with Crippen LogP contribution in [0.4, 0.5) is 5.69 Å². The van der Waals surface area contributed by atoms with Crippen LogP contribution in [0.15, 0.2) is 30.3 Å². The number of nitrogen functional groups attached to an aromatic ring is 1. The van der Waals surface area contributed by atoms with Crippen molar-refractivity contribution in [3.05, 3.63) is 36.0 Å². The molecule has 0 aliphatic heterocycles. The Morgan fingerprint density at radius 1 is 1.30 bits per heavy atom. The summed E-state index contributed by atoms with van der Waals surface area (Å²) in [6.07, 6.45) is 5.19. The number of anilines is 1. The van der Waals surface area contributed by atoms with Crippen LogP contribution in [0.1, 0.15) is 38.3 Å². The van der Waals surface area contributed by atoms with Gasteiger partial charge in [0.2, 0.25) is 0 Å². The van der Waals surface area contributed by atoms with Crippen molar-refractivity contribution in [2.75, 3.05) is 12.3 Å². The van der Waals surface area contributed by atoms with E-state index in [-0.39, 0.29) is 0 Å². The van der Waals surface area contributed by atoms with Gasteiger partial charge in [0.05, 0.1) is 11.2 Å². The van der Waals surface area contributed by atoms with Crippen molar-refractivity contribution >= 4 is 16.6 Å². The van der Waals surface area contributed by atoms with E-state index >= 15 is 0 Å². The zero-order valence-corrected chi connectivity index (χ0v) is 12.2. The minimum Gasteiger partial charge on any atom is -0.398 e. The van der Waals surface area contributed by atoms with Crippen molar-refractivity contribution in [1.82, 2.24) is 9.88 Å². The SMILES string of the molecule is CCCCN(Cc1cc(N)c2ccccc2n1)C1CC1. The second-order valence-corrected chi connectivity index (χ2v) is 5.78. The van der Waals surface area contributed by atoms with Crippen LogP contribution in [0.25, 0.3) is 10.9 Å². The number of benzene rings is 1. The van der Waals surface area contributed by atoms with Crippen molar-refractivity contribution in [2.24, 2.45) is 0 Å². The van der Waals surface area contributed by atoms with Gasteiger partial charge in [-0.25, -0.2) is 0 Å². The van der Waals surface area contributed by atoms with Gasteiger partial charge in [-0.05, 0) is 37.9 Å². The molecule has 0 radical (unpaired) electrons. The molecule has 1 aliphatic rings. The molecule has 20 heavy (non-hydrogen) atoms. The Morgan fingerprint density at radius 2 is 2.10 bits per heavy atom. The highest BCUT2D eigenvalue weighted by Crippen LogP contribution is 2.29. The first-order valence-corrected chi connectivity index (χ1v) is 7.66. The van der Waals surface area contributed by atoms with E-state index in [1.807, 2.05) is 30.3 Å². The van der Waals surface area contributed by atoms with E-state index in [1.54, 1.807) is 0 Å². The Labute approximate surface area is 120 Å². The average Bonchev–Trinajstić information content (AvgIpc) is 3.28. The van der Waals surface area contributed by atoms with Crippen LogP contribution in [0, 0.1) is 0 Å². The molecule has 3 rings (SSSR count). The predicted molar refractivity (Wildman–Crippen MR) is 84.5 cm³/mol. The third kappa shape index (κ3) is 2.93. The lowest BCUT2D eigenvalue weighted by molar-refractivity contribution is 0.248. The van der Waals surface area contributed by atoms with Crippen molar-refractivity contribution < 1.29 is 0 Å². The molecule has 1 fully saturated rings. The van der Waals surface area contributed by atoms with Gasteiger partial charge >= 0.3 is 0 Å². The van der Waals surface area contributed by atoms with Gasteiger partial charge in [-0.3, -0.25) is 9.88 Å². The summed E-state index contributed by atoms with van der Waals surface area (Å²) in [7, 11) is 0. The fourth-order valence-corrected chi connectivity index (χ4v) is 2.74. The summed E-state index contributed by atoms with van der Waals surface area (Å²) in [6, 6.07) is 10.9. The first-order chi connectivity index (χ1) is 9.78. The Morgan fingerprint density at radius 3 is 2.85 bits per heavy atom. The van der Waals surface area contributed by atoms with Crippen molar-refractivity contribution in [3.63, 3.8) is 0 Å². The van der Waals surface area contributed by atoms with Crippen LogP contribution in [0.5, 0.6) is 0 Å². The van der Waals surface area contributed by atoms with Crippen LogP contribution in [-0.2, 0) is 6.54 Å². The molecule has 1 aromatic carbocycles. The molecule has 3 nitrogen and oxygen atoms in total. The topological polar surface area (TPSA) is 42.1 Å². The predicted octanol–water partition coefficient (Wildman–Crippen LogP) is 3.58. The zero-order chi connectivity index (χ0) is 13.9. The third-order valence-electron chi connectivity index (χ3n) is 4.03. The Bertz CT molecular complexity index is 590. The lowest BCUT2D eigenvalue weighted by atomic mass is 10.1. The van der Waals surface area contributed by atoms with E-state index in [2.05, 4.69) is 11.8 Å². The number of unbranched alkanes of at least 4 members (excludes halogenated alkanes) is 1. The molecule has 2 N–H and O–H groups in total. The number of rotatable bonds is 6. The summed E-state index contributed by atoms with van der Waals surface area (Å²) in [6.45, 7) is 4.35. The summed E-state index contributed by atoms with van der Waals surface area (Å²) >= 11 is 0. The minimum absolute atomic E-state index is 0.774. The molecular weight excluding hydrogens is 246 g/mol. The van der Waals surface area contributed by atoms with Crippen molar-refractivity contribution in [2.45, 2.75) is 45.2 Å². The van der Waals surface area contributed by atoms with Gasteiger partial charge in [-0.2, -0.15) is 0 Å². The molecule has 1 aromatic heterocycles. The van der Waals surface area contributed by atoms with Gasteiger partial charge in [0.25, 0.3) is 0 Å².